The molecule has 154 valence electrons. The van der Waals surface area contributed by atoms with Gasteiger partial charge in [-0.15, -0.1) is 0 Å². The Labute approximate surface area is 166 Å². The molecule has 0 spiro atoms. The highest BCUT2D eigenvalue weighted by Gasteiger charge is 2.45. The lowest BCUT2D eigenvalue weighted by Gasteiger charge is -2.27. The summed E-state index contributed by atoms with van der Waals surface area (Å²) in [6.07, 6.45) is 0.130. The summed E-state index contributed by atoms with van der Waals surface area (Å²) in [5, 5.41) is 5.22. The van der Waals surface area contributed by atoms with E-state index in [-0.39, 0.29) is 42.0 Å². The van der Waals surface area contributed by atoms with E-state index in [1.54, 1.807) is 12.1 Å². The van der Waals surface area contributed by atoms with Crippen LogP contribution in [0.5, 0.6) is 0 Å². The zero-order valence-corrected chi connectivity index (χ0v) is 16.2. The van der Waals surface area contributed by atoms with Crippen LogP contribution in [0.25, 0.3) is 0 Å². The number of nitrogens with one attached hydrogen (secondary N) is 2. The monoisotopic (exact) mass is 420 g/mol. The van der Waals surface area contributed by atoms with Crippen LogP contribution in [0.15, 0.2) is 18.2 Å². The highest BCUT2D eigenvalue weighted by Crippen LogP contribution is 2.30. The van der Waals surface area contributed by atoms with Crippen molar-refractivity contribution in [3.8, 4) is 0 Å². The molecule has 0 radical (unpaired) electrons. The molecule has 0 aliphatic carbocycles. The van der Waals surface area contributed by atoms with E-state index in [1.165, 1.54) is 6.07 Å². The van der Waals surface area contributed by atoms with E-state index in [9.17, 15) is 27.6 Å². The molecule has 11 heteroatoms. The van der Waals surface area contributed by atoms with E-state index >= 15 is 0 Å². The fourth-order valence-corrected chi connectivity index (χ4v) is 5.93. The molecule has 3 unspecified atom stereocenters. The third kappa shape index (κ3) is 3.45. The highest BCUT2D eigenvalue weighted by molar-refractivity contribution is 7.91. The minimum Gasteiger partial charge on any atom is -0.325 e. The second kappa shape index (κ2) is 7.01. The van der Waals surface area contributed by atoms with Crippen LogP contribution in [0.3, 0.4) is 0 Å². The number of imide groups is 2. The van der Waals surface area contributed by atoms with Crippen molar-refractivity contribution in [1.82, 2.24) is 15.5 Å². The Bertz CT molecular complexity index is 1040. The number of benzene rings is 1. The van der Waals surface area contributed by atoms with Crippen LogP contribution >= 0.6 is 0 Å². The molecule has 0 bridgehead atoms. The number of carbonyl (C=O) groups is 4. The van der Waals surface area contributed by atoms with Gasteiger partial charge in [-0.3, -0.25) is 29.4 Å². The molecule has 10 nitrogen and oxygen atoms in total. The fraction of sp³-hybridized carbons (Fsp3) is 0.444. The third-order valence-corrected chi connectivity index (χ3v) is 7.27. The number of piperidine rings is 1. The van der Waals surface area contributed by atoms with Crippen molar-refractivity contribution < 1.29 is 27.6 Å². The van der Waals surface area contributed by atoms with Crippen molar-refractivity contribution in [3.05, 3.63) is 34.9 Å². The van der Waals surface area contributed by atoms with E-state index in [2.05, 4.69) is 10.6 Å². The standard InChI is InChI=1S/C18H20N4O6S/c19-11-7-29(27,28)8-12(11)20-6-9-2-1-3-10-15(9)18(26)22(17(10)25)13-4-5-14(23)21-16(13)24/h1-3,11-13,20H,4-8,19H2,(H,21,23,24). The van der Waals surface area contributed by atoms with Gasteiger partial charge in [0.15, 0.2) is 9.84 Å². The van der Waals surface area contributed by atoms with Crippen LogP contribution in [-0.4, -0.2) is 66.6 Å². The molecule has 1 aromatic rings. The maximum Gasteiger partial charge on any atom is 0.262 e. The first-order valence-electron chi connectivity index (χ1n) is 9.21. The van der Waals surface area contributed by atoms with Crippen LogP contribution in [0, 0.1) is 0 Å². The summed E-state index contributed by atoms with van der Waals surface area (Å²) in [4.78, 5) is 50.2. The average molecular weight is 420 g/mol. The van der Waals surface area contributed by atoms with Gasteiger partial charge in [0.05, 0.1) is 22.6 Å². The zero-order chi connectivity index (χ0) is 20.9. The maximum atomic E-state index is 13.0. The van der Waals surface area contributed by atoms with Crippen molar-refractivity contribution in [3.63, 3.8) is 0 Å². The smallest absolute Gasteiger partial charge is 0.262 e. The predicted octanol–water partition coefficient (Wildman–Crippen LogP) is -1.70. The molecule has 3 aliphatic heterocycles. The first-order valence-corrected chi connectivity index (χ1v) is 11.0. The molecule has 3 atom stereocenters. The van der Waals surface area contributed by atoms with Gasteiger partial charge in [0.2, 0.25) is 11.8 Å². The lowest BCUT2D eigenvalue weighted by molar-refractivity contribution is -0.136. The number of amides is 4. The van der Waals surface area contributed by atoms with Crippen LogP contribution in [0.2, 0.25) is 0 Å². The number of sulfone groups is 1. The Morgan fingerprint density at radius 2 is 1.90 bits per heavy atom. The highest BCUT2D eigenvalue weighted by atomic mass is 32.2. The SMILES string of the molecule is NC1CS(=O)(=O)CC1NCc1cccc2c1C(=O)N(C1CCC(=O)NC1=O)C2=O. The van der Waals surface area contributed by atoms with Gasteiger partial charge in [0.25, 0.3) is 11.8 Å². The summed E-state index contributed by atoms with van der Waals surface area (Å²) in [7, 11) is -3.20. The van der Waals surface area contributed by atoms with Crippen molar-refractivity contribution in [2.45, 2.75) is 37.5 Å². The van der Waals surface area contributed by atoms with Gasteiger partial charge < -0.3 is 11.1 Å². The van der Waals surface area contributed by atoms with Gasteiger partial charge in [-0.1, -0.05) is 12.1 Å². The molecular weight excluding hydrogens is 400 g/mol. The van der Waals surface area contributed by atoms with Crippen LogP contribution in [0.1, 0.15) is 39.1 Å². The Morgan fingerprint density at radius 3 is 2.55 bits per heavy atom. The minimum atomic E-state index is -3.20. The fourth-order valence-electron chi connectivity index (χ4n) is 4.06. The second-order valence-corrected chi connectivity index (χ2v) is 9.67. The van der Waals surface area contributed by atoms with E-state index in [1.807, 2.05) is 0 Å². The number of nitrogens with zero attached hydrogens (tertiary/aromatic N) is 1. The predicted molar refractivity (Wildman–Crippen MR) is 100 cm³/mol. The molecule has 3 aliphatic rings. The molecule has 2 saturated heterocycles. The largest absolute Gasteiger partial charge is 0.325 e. The van der Waals surface area contributed by atoms with Crippen molar-refractivity contribution >= 4 is 33.5 Å². The maximum absolute atomic E-state index is 13.0. The second-order valence-electron chi connectivity index (χ2n) is 7.52. The van der Waals surface area contributed by atoms with E-state index < -0.39 is 51.6 Å². The zero-order valence-electron chi connectivity index (χ0n) is 15.4. The number of fused-ring (bicyclic) bond motifs is 1. The van der Waals surface area contributed by atoms with Gasteiger partial charge in [0, 0.05) is 25.0 Å². The summed E-state index contributed by atoms with van der Waals surface area (Å²) in [5.41, 5.74) is 6.77. The normalized spacial score (nSPS) is 28.6. The van der Waals surface area contributed by atoms with Crippen LogP contribution in [0.4, 0.5) is 0 Å². The minimum absolute atomic E-state index is 0.0479. The number of nitrogens with two attached hydrogens (primary N) is 1. The van der Waals surface area contributed by atoms with E-state index in [4.69, 9.17) is 5.73 Å². The van der Waals surface area contributed by atoms with Gasteiger partial charge in [-0.05, 0) is 18.1 Å². The first kappa shape index (κ1) is 19.7. The summed E-state index contributed by atoms with van der Waals surface area (Å²) < 4.78 is 23.5. The molecule has 29 heavy (non-hydrogen) atoms. The van der Waals surface area contributed by atoms with Gasteiger partial charge >= 0.3 is 0 Å². The number of hydrogen-bond donors (Lipinski definition) is 3. The molecule has 4 amide bonds. The summed E-state index contributed by atoms with van der Waals surface area (Å²) >= 11 is 0. The van der Waals surface area contributed by atoms with Crippen molar-refractivity contribution in [2.75, 3.05) is 11.5 Å². The number of hydrogen-bond acceptors (Lipinski definition) is 8. The Hall–Kier alpha value is -2.63. The van der Waals surface area contributed by atoms with Gasteiger partial charge in [0.1, 0.15) is 6.04 Å². The number of rotatable bonds is 4. The van der Waals surface area contributed by atoms with Gasteiger partial charge in [-0.25, -0.2) is 8.42 Å². The van der Waals surface area contributed by atoms with Crippen LogP contribution in [-0.2, 0) is 26.0 Å². The molecule has 3 heterocycles. The lowest BCUT2D eigenvalue weighted by atomic mass is 10.0. The molecule has 4 N–H and O–H groups in total. The van der Waals surface area contributed by atoms with Crippen molar-refractivity contribution in [1.29, 1.82) is 0 Å². The summed E-state index contributed by atoms with van der Waals surface area (Å²) in [5.74, 6) is -2.47. The topological polar surface area (TPSA) is 156 Å². The molecule has 4 rings (SSSR count). The summed E-state index contributed by atoms with van der Waals surface area (Å²) in [6, 6.07) is 2.77. The average Bonchev–Trinajstić information content (AvgIpc) is 3.06. The Morgan fingerprint density at radius 1 is 1.14 bits per heavy atom. The summed E-state index contributed by atoms with van der Waals surface area (Å²) in [6.45, 7) is 0.152. The molecule has 0 saturated carbocycles. The van der Waals surface area contributed by atoms with Crippen molar-refractivity contribution in [2.24, 2.45) is 5.73 Å². The first-order chi connectivity index (χ1) is 13.7. The van der Waals surface area contributed by atoms with E-state index in [0.29, 0.717) is 5.56 Å². The molecule has 1 aromatic carbocycles. The third-order valence-electron chi connectivity index (χ3n) is 5.51. The Balaban J connectivity index is 1.57. The lowest BCUT2D eigenvalue weighted by Crippen LogP contribution is -2.54. The quantitative estimate of drug-likeness (QED) is 0.487. The molecular formula is C18H20N4O6S. The Kier molecular flexibility index (Phi) is 4.75. The van der Waals surface area contributed by atoms with Gasteiger partial charge in [-0.2, -0.15) is 0 Å². The van der Waals surface area contributed by atoms with Crippen LogP contribution < -0.4 is 16.4 Å². The molecule has 2 fully saturated rings. The molecule has 0 aromatic heterocycles. The number of carbonyl (C=O) groups excluding carboxylic acids is 4. The van der Waals surface area contributed by atoms with E-state index in [0.717, 1.165) is 4.90 Å².